The van der Waals surface area contributed by atoms with Crippen molar-refractivity contribution in [3.8, 4) is 0 Å². The smallest absolute Gasteiger partial charge is 0.222 e. The maximum absolute atomic E-state index is 12.6. The zero-order valence-corrected chi connectivity index (χ0v) is 15.7. The number of hydrogen-bond donors (Lipinski definition) is 0. The molecule has 1 aliphatic rings. The van der Waals surface area contributed by atoms with Crippen molar-refractivity contribution in [2.45, 2.75) is 52.4 Å². The molecule has 3 heterocycles. The topological polar surface area (TPSA) is 50.5 Å². The van der Waals surface area contributed by atoms with Gasteiger partial charge >= 0.3 is 0 Å². The van der Waals surface area contributed by atoms with Gasteiger partial charge in [-0.3, -0.25) is 4.79 Å². The third kappa shape index (κ3) is 3.06. The SMILES string of the molecule is Cc1nc2c3ccccc3nn2c(C)c1CCC(=O)N1CCCCCC1. The van der Waals surface area contributed by atoms with Crippen LogP contribution in [0.4, 0.5) is 0 Å². The molecule has 26 heavy (non-hydrogen) atoms. The molecule has 5 heteroatoms. The number of carbonyl (C=O) groups is 1. The first-order chi connectivity index (χ1) is 12.6. The molecule has 4 rings (SSSR count). The van der Waals surface area contributed by atoms with Gasteiger partial charge in [0.25, 0.3) is 0 Å². The van der Waals surface area contributed by atoms with Crippen LogP contribution in [0.5, 0.6) is 0 Å². The van der Waals surface area contributed by atoms with E-state index in [0.717, 1.165) is 65.9 Å². The van der Waals surface area contributed by atoms with E-state index in [1.54, 1.807) is 0 Å². The number of benzene rings is 1. The van der Waals surface area contributed by atoms with Gasteiger partial charge < -0.3 is 4.90 Å². The highest BCUT2D eigenvalue weighted by atomic mass is 16.2. The van der Waals surface area contributed by atoms with Crippen molar-refractivity contribution in [1.29, 1.82) is 0 Å². The average Bonchev–Trinajstić information content (AvgIpc) is 2.82. The molecular formula is C21H26N4O. The molecule has 1 fully saturated rings. The number of likely N-dealkylation sites (tertiary alicyclic amines) is 1. The summed E-state index contributed by atoms with van der Waals surface area (Å²) in [7, 11) is 0. The first kappa shape index (κ1) is 17.0. The fourth-order valence-electron chi connectivity index (χ4n) is 4.05. The Labute approximate surface area is 154 Å². The number of nitrogens with zero attached hydrogens (tertiary/aromatic N) is 4. The minimum atomic E-state index is 0.274. The Hall–Kier alpha value is -2.43. The fraction of sp³-hybridized carbons (Fsp3) is 0.476. The second-order valence-electron chi connectivity index (χ2n) is 7.31. The molecule has 0 aliphatic carbocycles. The molecule has 136 valence electrons. The first-order valence-corrected chi connectivity index (χ1v) is 9.66. The Balaban J connectivity index is 1.60. The number of hydrogen-bond acceptors (Lipinski definition) is 3. The zero-order chi connectivity index (χ0) is 18.1. The minimum absolute atomic E-state index is 0.274. The van der Waals surface area contributed by atoms with Crippen LogP contribution < -0.4 is 0 Å². The van der Waals surface area contributed by atoms with Gasteiger partial charge in [0, 0.05) is 36.3 Å². The molecule has 1 aromatic carbocycles. The highest BCUT2D eigenvalue weighted by Crippen LogP contribution is 2.23. The minimum Gasteiger partial charge on any atom is -0.343 e. The molecule has 2 aromatic heterocycles. The Bertz CT molecular complexity index is 951. The molecule has 0 unspecified atom stereocenters. The standard InChI is InChI=1S/C21H26N4O/c1-15-17(11-12-20(26)24-13-7-3-4-8-14-24)16(2)25-21(22-15)18-9-5-6-10-19(18)23-25/h5-6,9-10H,3-4,7-8,11-14H2,1-2H3. The van der Waals surface area contributed by atoms with Crippen molar-refractivity contribution in [1.82, 2.24) is 19.5 Å². The Morgan fingerprint density at radius 3 is 2.58 bits per heavy atom. The molecule has 0 bridgehead atoms. The van der Waals surface area contributed by atoms with Gasteiger partial charge in [0.2, 0.25) is 5.91 Å². The molecule has 3 aromatic rings. The summed E-state index contributed by atoms with van der Waals surface area (Å²) in [6, 6.07) is 8.09. The van der Waals surface area contributed by atoms with E-state index >= 15 is 0 Å². The van der Waals surface area contributed by atoms with Crippen LogP contribution in [0.15, 0.2) is 24.3 Å². The van der Waals surface area contributed by atoms with Gasteiger partial charge in [-0.05, 0) is 50.8 Å². The van der Waals surface area contributed by atoms with Gasteiger partial charge in [-0.1, -0.05) is 25.0 Å². The second-order valence-corrected chi connectivity index (χ2v) is 7.31. The molecular weight excluding hydrogens is 324 g/mol. The van der Waals surface area contributed by atoms with E-state index in [0.29, 0.717) is 6.42 Å². The molecule has 0 atom stereocenters. The Kier molecular flexibility index (Phi) is 4.62. The normalized spacial score (nSPS) is 15.5. The van der Waals surface area contributed by atoms with E-state index in [9.17, 15) is 4.79 Å². The predicted octanol–water partition coefficient (Wildman–Crippen LogP) is 3.83. The monoisotopic (exact) mass is 350 g/mol. The van der Waals surface area contributed by atoms with Gasteiger partial charge in [-0.25, -0.2) is 9.50 Å². The van der Waals surface area contributed by atoms with Gasteiger partial charge in [0.05, 0.1) is 5.52 Å². The first-order valence-electron chi connectivity index (χ1n) is 9.66. The van der Waals surface area contributed by atoms with Crippen molar-refractivity contribution >= 4 is 22.5 Å². The molecule has 0 radical (unpaired) electrons. The number of fused-ring (bicyclic) bond motifs is 3. The lowest BCUT2D eigenvalue weighted by atomic mass is 10.1. The van der Waals surface area contributed by atoms with Crippen LogP contribution in [0.25, 0.3) is 16.6 Å². The molecule has 0 spiro atoms. The third-order valence-corrected chi connectivity index (χ3v) is 5.57. The van der Waals surface area contributed by atoms with E-state index < -0.39 is 0 Å². The van der Waals surface area contributed by atoms with E-state index in [2.05, 4.69) is 13.0 Å². The summed E-state index contributed by atoms with van der Waals surface area (Å²) in [6.45, 7) is 5.96. The number of rotatable bonds is 3. The molecule has 1 saturated heterocycles. The average molecular weight is 350 g/mol. The van der Waals surface area contributed by atoms with Crippen molar-refractivity contribution < 1.29 is 4.79 Å². The number of aryl methyl sites for hydroxylation is 2. The van der Waals surface area contributed by atoms with Crippen LogP contribution in [0.3, 0.4) is 0 Å². The summed E-state index contributed by atoms with van der Waals surface area (Å²) in [5.74, 6) is 0.274. The summed E-state index contributed by atoms with van der Waals surface area (Å²) in [4.78, 5) is 19.5. The van der Waals surface area contributed by atoms with Crippen LogP contribution in [-0.4, -0.2) is 38.5 Å². The maximum Gasteiger partial charge on any atom is 0.222 e. The number of aromatic nitrogens is 3. The summed E-state index contributed by atoms with van der Waals surface area (Å²) in [5, 5.41) is 5.78. The van der Waals surface area contributed by atoms with Crippen LogP contribution in [0, 0.1) is 13.8 Å². The third-order valence-electron chi connectivity index (χ3n) is 5.57. The summed E-state index contributed by atoms with van der Waals surface area (Å²) in [5.41, 5.74) is 5.10. The quantitative estimate of drug-likeness (QED) is 0.721. The Morgan fingerprint density at radius 2 is 1.81 bits per heavy atom. The van der Waals surface area contributed by atoms with Crippen molar-refractivity contribution in [2.75, 3.05) is 13.1 Å². The maximum atomic E-state index is 12.6. The number of amides is 1. The lowest BCUT2D eigenvalue weighted by molar-refractivity contribution is -0.131. The number of carbonyl (C=O) groups excluding carboxylic acids is 1. The van der Waals surface area contributed by atoms with Gasteiger partial charge in [0.15, 0.2) is 5.65 Å². The molecule has 0 saturated carbocycles. The van der Waals surface area contributed by atoms with E-state index in [4.69, 9.17) is 10.1 Å². The van der Waals surface area contributed by atoms with Crippen LogP contribution in [-0.2, 0) is 11.2 Å². The highest BCUT2D eigenvalue weighted by Gasteiger charge is 2.18. The van der Waals surface area contributed by atoms with Crippen molar-refractivity contribution in [3.63, 3.8) is 0 Å². The van der Waals surface area contributed by atoms with Gasteiger partial charge in [0.1, 0.15) is 0 Å². The Morgan fingerprint density at radius 1 is 1.08 bits per heavy atom. The summed E-state index contributed by atoms with van der Waals surface area (Å²) < 4.78 is 1.93. The molecule has 1 aliphatic heterocycles. The molecule has 1 amide bonds. The van der Waals surface area contributed by atoms with Gasteiger partial charge in [-0.2, -0.15) is 5.10 Å². The fourth-order valence-corrected chi connectivity index (χ4v) is 4.05. The predicted molar refractivity (Wildman–Crippen MR) is 103 cm³/mol. The van der Waals surface area contributed by atoms with E-state index in [1.165, 1.54) is 12.8 Å². The van der Waals surface area contributed by atoms with E-state index in [-0.39, 0.29) is 5.91 Å². The zero-order valence-electron chi connectivity index (χ0n) is 15.7. The summed E-state index contributed by atoms with van der Waals surface area (Å²) in [6.07, 6.45) is 6.04. The largest absolute Gasteiger partial charge is 0.343 e. The molecule has 0 N–H and O–H groups in total. The van der Waals surface area contributed by atoms with E-state index in [1.807, 2.05) is 34.5 Å². The van der Waals surface area contributed by atoms with Gasteiger partial charge in [-0.15, -0.1) is 0 Å². The second kappa shape index (κ2) is 7.06. The van der Waals surface area contributed by atoms with Crippen molar-refractivity contribution in [2.24, 2.45) is 0 Å². The highest BCUT2D eigenvalue weighted by molar-refractivity contribution is 5.92. The lowest BCUT2D eigenvalue weighted by Crippen LogP contribution is -2.32. The van der Waals surface area contributed by atoms with Crippen LogP contribution in [0.2, 0.25) is 0 Å². The van der Waals surface area contributed by atoms with Crippen molar-refractivity contribution in [3.05, 3.63) is 41.2 Å². The molecule has 5 nitrogen and oxygen atoms in total. The lowest BCUT2D eigenvalue weighted by Gasteiger charge is -2.20. The van der Waals surface area contributed by atoms with Crippen LogP contribution in [0.1, 0.15) is 49.1 Å². The summed E-state index contributed by atoms with van der Waals surface area (Å²) >= 11 is 0. The van der Waals surface area contributed by atoms with Crippen LogP contribution >= 0.6 is 0 Å².